The van der Waals surface area contributed by atoms with Crippen molar-refractivity contribution in [3.8, 4) is 0 Å². The first-order chi connectivity index (χ1) is 14.5. The normalized spacial score (nSPS) is 32.0. The number of ether oxygens (including phenoxy) is 2. The molecule has 3 amide bonds. The fourth-order valence-corrected chi connectivity index (χ4v) is 5.14. The minimum Gasteiger partial charge on any atom is -0.450 e. The maximum Gasteiger partial charge on any atom is 0.409 e. The fourth-order valence-electron chi connectivity index (χ4n) is 5.14. The zero-order chi connectivity index (χ0) is 20.9. The van der Waals surface area contributed by atoms with E-state index in [1.54, 1.807) is 21.6 Å². The number of amides is 3. The van der Waals surface area contributed by atoms with Crippen LogP contribution >= 0.6 is 0 Å². The van der Waals surface area contributed by atoms with Crippen LogP contribution in [0.25, 0.3) is 0 Å². The average molecular weight is 411 g/mol. The summed E-state index contributed by atoms with van der Waals surface area (Å²) >= 11 is 0. The maximum absolute atomic E-state index is 13.4. The summed E-state index contributed by atoms with van der Waals surface area (Å²) in [5.41, 5.74) is 0.0889. The van der Waals surface area contributed by atoms with Crippen LogP contribution in [-0.4, -0.2) is 78.7 Å². The van der Waals surface area contributed by atoms with E-state index < -0.39 is 17.4 Å². The van der Waals surface area contributed by atoms with Crippen molar-refractivity contribution in [1.29, 1.82) is 0 Å². The van der Waals surface area contributed by atoms with Gasteiger partial charge in [0.15, 0.2) is 0 Å². The van der Waals surface area contributed by atoms with Gasteiger partial charge in [-0.3, -0.25) is 9.59 Å². The van der Waals surface area contributed by atoms with Crippen LogP contribution in [-0.2, 0) is 19.1 Å². The number of para-hydroxylation sites is 1. The predicted octanol–water partition coefficient (Wildman–Crippen LogP) is 1.27. The summed E-state index contributed by atoms with van der Waals surface area (Å²) in [5.74, 6) is -1.16. The summed E-state index contributed by atoms with van der Waals surface area (Å²) in [7, 11) is 0. The average Bonchev–Trinajstić information content (AvgIpc) is 3.42. The Balaban J connectivity index is 1.33. The molecule has 0 N–H and O–H groups in total. The van der Waals surface area contributed by atoms with E-state index in [1.807, 2.05) is 42.5 Å². The molecule has 0 saturated carbocycles. The molecule has 0 aromatic heterocycles. The molecule has 4 atom stereocenters. The molecule has 1 aromatic carbocycles. The first kappa shape index (κ1) is 19.1. The van der Waals surface area contributed by atoms with Gasteiger partial charge in [0.25, 0.3) is 0 Å². The molecule has 0 aliphatic carbocycles. The van der Waals surface area contributed by atoms with E-state index in [0.717, 1.165) is 5.69 Å². The van der Waals surface area contributed by atoms with Crippen LogP contribution in [0.1, 0.15) is 6.92 Å². The Labute approximate surface area is 175 Å². The number of nitrogens with zero attached hydrogens (tertiary/aromatic N) is 3. The van der Waals surface area contributed by atoms with Crippen molar-refractivity contribution < 1.29 is 23.9 Å². The van der Waals surface area contributed by atoms with Crippen molar-refractivity contribution in [2.45, 2.75) is 18.6 Å². The lowest BCUT2D eigenvalue weighted by molar-refractivity contribution is -0.141. The molecule has 1 aromatic rings. The van der Waals surface area contributed by atoms with Gasteiger partial charge in [0.2, 0.25) is 11.8 Å². The third kappa shape index (κ3) is 2.81. The first-order valence-corrected chi connectivity index (χ1v) is 10.5. The summed E-state index contributed by atoms with van der Waals surface area (Å²) < 4.78 is 11.3. The standard InChI is InChI=1S/C22H25N3O5/c1-2-29-21(28)24-12-10-23(11-13-24)19(26)17-16-8-9-22(30-16)14-25(20(27)18(17)22)15-6-4-3-5-7-15/h3-9,16-18H,2,10-14H2,1H3/t16-,17?,18?,22-/m1/s1. The molecule has 4 aliphatic heterocycles. The number of rotatable bonds is 3. The van der Waals surface area contributed by atoms with Gasteiger partial charge in [-0.1, -0.05) is 30.4 Å². The highest BCUT2D eigenvalue weighted by molar-refractivity contribution is 6.03. The number of benzene rings is 1. The largest absolute Gasteiger partial charge is 0.450 e. The van der Waals surface area contributed by atoms with Crippen molar-refractivity contribution in [3.05, 3.63) is 42.5 Å². The number of carbonyl (C=O) groups is 3. The van der Waals surface area contributed by atoms with Crippen LogP contribution in [0.3, 0.4) is 0 Å². The van der Waals surface area contributed by atoms with Gasteiger partial charge in [-0.05, 0) is 19.1 Å². The van der Waals surface area contributed by atoms with E-state index in [4.69, 9.17) is 9.47 Å². The first-order valence-electron chi connectivity index (χ1n) is 10.5. The molecule has 2 bridgehead atoms. The highest BCUT2D eigenvalue weighted by Gasteiger charge is 2.67. The molecule has 4 heterocycles. The van der Waals surface area contributed by atoms with E-state index >= 15 is 0 Å². The summed E-state index contributed by atoms with van der Waals surface area (Å²) in [6.45, 7) is 4.25. The topological polar surface area (TPSA) is 79.4 Å². The maximum atomic E-state index is 13.4. The summed E-state index contributed by atoms with van der Waals surface area (Å²) in [5, 5.41) is 0. The van der Waals surface area contributed by atoms with Crippen LogP contribution in [0.15, 0.2) is 42.5 Å². The van der Waals surface area contributed by atoms with Crippen LogP contribution in [0.2, 0.25) is 0 Å². The Hall–Kier alpha value is -2.87. The van der Waals surface area contributed by atoms with Crippen LogP contribution in [0.5, 0.6) is 0 Å². The highest BCUT2D eigenvalue weighted by atomic mass is 16.6. The Morgan fingerprint density at radius 3 is 2.53 bits per heavy atom. The smallest absolute Gasteiger partial charge is 0.409 e. The molecule has 5 rings (SSSR count). The second-order valence-corrected chi connectivity index (χ2v) is 8.17. The third-order valence-corrected chi connectivity index (χ3v) is 6.57. The Kier molecular flexibility index (Phi) is 4.54. The summed E-state index contributed by atoms with van der Waals surface area (Å²) in [6.07, 6.45) is 3.17. The van der Waals surface area contributed by atoms with Crippen molar-refractivity contribution in [2.24, 2.45) is 11.8 Å². The predicted molar refractivity (Wildman–Crippen MR) is 108 cm³/mol. The van der Waals surface area contributed by atoms with Crippen molar-refractivity contribution in [1.82, 2.24) is 9.80 Å². The molecule has 8 heteroatoms. The van der Waals surface area contributed by atoms with Crippen LogP contribution < -0.4 is 4.90 Å². The third-order valence-electron chi connectivity index (χ3n) is 6.57. The second kappa shape index (κ2) is 7.12. The van der Waals surface area contributed by atoms with E-state index in [1.165, 1.54) is 0 Å². The van der Waals surface area contributed by atoms with Crippen LogP contribution in [0.4, 0.5) is 10.5 Å². The number of anilines is 1. The molecule has 4 aliphatic rings. The molecular weight excluding hydrogens is 386 g/mol. The van der Waals surface area contributed by atoms with Crippen molar-refractivity contribution >= 4 is 23.6 Å². The van der Waals surface area contributed by atoms with Crippen molar-refractivity contribution in [3.63, 3.8) is 0 Å². The zero-order valence-corrected chi connectivity index (χ0v) is 16.9. The molecule has 1 spiro atoms. The number of piperazine rings is 1. The lowest BCUT2D eigenvalue weighted by atomic mass is 9.76. The molecule has 30 heavy (non-hydrogen) atoms. The zero-order valence-electron chi connectivity index (χ0n) is 16.9. The van der Waals surface area contributed by atoms with Crippen LogP contribution in [0, 0.1) is 11.8 Å². The minimum atomic E-state index is -0.731. The fraction of sp³-hybridized carbons (Fsp3) is 0.500. The quantitative estimate of drug-likeness (QED) is 0.700. The van der Waals surface area contributed by atoms with E-state index in [0.29, 0.717) is 39.3 Å². The van der Waals surface area contributed by atoms with Gasteiger partial charge in [0.05, 0.1) is 31.1 Å². The van der Waals surface area contributed by atoms with Crippen molar-refractivity contribution in [2.75, 3.05) is 44.2 Å². The second-order valence-electron chi connectivity index (χ2n) is 8.17. The van der Waals surface area contributed by atoms with Gasteiger partial charge in [0, 0.05) is 31.9 Å². The van der Waals surface area contributed by atoms with E-state index in [9.17, 15) is 14.4 Å². The van der Waals surface area contributed by atoms with Gasteiger partial charge in [0.1, 0.15) is 5.60 Å². The SMILES string of the molecule is CCOC(=O)N1CCN(C(=O)C2C3C(=O)N(c4ccccc4)C[C@]34C=C[C@H]2O4)CC1. The lowest BCUT2D eigenvalue weighted by Gasteiger charge is -2.36. The van der Waals surface area contributed by atoms with E-state index in [2.05, 4.69) is 0 Å². The molecule has 158 valence electrons. The molecule has 8 nitrogen and oxygen atoms in total. The molecule has 3 saturated heterocycles. The summed E-state index contributed by atoms with van der Waals surface area (Å²) in [4.78, 5) is 43.8. The minimum absolute atomic E-state index is 0.0587. The van der Waals surface area contributed by atoms with Gasteiger partial charge in [-0.25, -0.2) is 4.79 Å². The Morgan fingerprint density at radius 2 is 1.83 bits per heavy atom. The number of carbonyl (C=O) groups excluding carboxylic acids is 3. The lowest BCUT2D eigenvalue weighted by Crippen LogP contribution is -2.54. The summed E-state index contributed by atoms with van der Waals surface area (Å²) in [6, 6.07) is 9.50. The van der Waals surface area contributed by atoms with Gasteiger partial charge in [-0.15, -0.1) is 0 Å². The molecule has 0 radical (unpaired) electrons. The molecule has 3 fully saturated rings. The van der Waals surface area contributed by atoms with E-state index in [-0.39, 0.29) is 24.0 Å². The Bertz CT molecular complexity index is 895. The monoisotopic (exact) mass is 411 g/mol. The number of hydrogen-bond donors (Lipinski definition) is 0. The molecule has 2 unspecified atom stereocenters. The number of fused-ring (bicyclic) bond motifs is 1. The Morgan fingerprint density at radius 1 is 1.13 bits per heavy atom. The van der Waals surface area contributed by atoms with Gasteiger partial charge < -0.3 is 24.2 Å². The van der Waals surface area contributed by atoms with Gasteiger partial charge in [-0.2, -0.15) is 0 Å². The number of hydrogen-bond acceptors (Lipinski definition) is 5. The molecular formula is C22H25N3O5. The van der Waals surface area contributed by atoms with Gasteiger partial charge >= 0.3 is 6.09 Å². The highest BCUT2D eigenvalue weighted by Crippen LogP contribution is 2.53.